The largest absolute Gasteiger partial charge is 0.462 e. The van der Waals surface area contributed by atoms with Crippen LogP contribution < -0.4 is 0 Å². The van der Waals surface area contributed by atoms with E-state index in [0.717, 1.165) is 38.5 Å². The highest BCUT2D eigenvalue weighted by atomic mass is 16.5. The third-order valence-corrected chi connectivity index (χ3v) is 6.54. The van der Waals surface area contributed by atoms with E-state index in [2.05, 4.69) is 49.6 Å². The Morgan fingerprint density at radius 1 is 0.971 bits per heavy atom. The summed E-state index contributed by atoms with van der Waals surface area (Å²) in [5.41, 5.74) is 2.67. The molecule has 0 heterocycles. The molecule has 0 saturated heterocycles. The number of hydrogen-bond acceptors (Lipinski definition) is 6. The maximum atomic E-state index is 12.0. The zero-order valence-corrected chi connectivity index (χ0v) is 20.2. The molecule has 0 radical (unpaired) electrons. The lowest BCUT2D eigenvalue weighted by Crippen LogP contribution is -2.31. The summed E-state index contributed by atoms with van der Waals surface area (Å²) in [7, 11) is 0. The fourth-order valence-corrected chi connectivity index (χ4v) is 4.32. The number of benzene rings is 1. The predicted octanol–water partition coefficient (Wildman–Crippen LogP) is 4.27. The summed E-state index contributed by atoms with van der Waals surface area (Å²) in [4.78, 5) is 23.9. The van der Waals surface area contributed by atoms with Crippen LogP contribution in [0.5, 0.6) is 0 Å². The van der Waals surface area contributed by atoms with Crippen LogP contribution in [-0.4, -0.2) is 48.6 Å². The minimum absolute atomic E-state index is 0.0118. The molecule has 0 aromatic heterocycles. The average Bonchev–Trinajstić information content (AvgIpc) is 2.88. The molecule has 0 spiro atoms. The van der Waals surface area contributed by atoms with Gasteiger partial charge >= 0.3 is 11.9 Å². The van der Waals surface area contributed by atoms with Crippen LogP contribution in [0, 0.1) is 11.8 Å². The number of aryl methyl sites for hydroxylation is 1. The number of ether oxygens (including phenoxy) is 2. The highest BCUT2D eigenvalue weighted by molar-refractivity contribution is 5.88. The van der Waals surface area contributed by atoms with Crippen molar-refractivity contribution in [3.8, 4) is 0 Å². The monoisotopic (exact) mass is 470 g/mol. The van der Waals surface area contributed by atoms with Crippen LogP contribution in [0.25, 0.3) is 0 Å². The highest BCUT2D eigenvalue weighted by Crippen LogP contribution is 2.39. The molecule has 6 nitrogen and oxygen atoms in total. The van der Waals surface area contributed by atoms with Crippen molar-refractivity contribution >= 4 is 11.9 Å². The molecule has 1 saturated carbocycles. The maximum Gasteiger partial charge on any atom is 0.335 e. The molecule has 1 aliphatic carbocycles. The van der Waals surface area contributed by atoms with Crippen molar-refractivity contribution < 1.29 is 29.3 Å². The van der Waals surface area contributed by atoms with Gasteiger partial charge in [-0.05, 0) is 68.4 Å². The van der Waals surface area contributed by atoms with E-state index in [-0.39, 0.29) is 36.2 Å². The van der Waals surface area contributed by atoms with Gasteiger partial charge < -0.3 is 19.7 Å². The molecule has 6 heteroatoms. The fraction of sp³-hybridized carbons (Fsp3) is 0.500. The summed E-state index contributed by atoms with van der Waals surface area (Å²) in [6.07, 6.45) is 10.2. The summed E-state index contributed by atoms with van der Waals surface area (Å²) < 4.78 is 10.7. The molecule has 34 heavy (non-hydrogen) atoms. The van der Waals surface area contributed by atoms with E-state index in [1.54, 1.807) is 0 Å². The Bertz CT molecular complexity index is 814. The van der Waals surface area contributed by atoms with Gasteiger partial charge in [0.05, 0.1) is 37.6 Å². The first kappa shape index (κ1) is 27.5. The Morgan fingerprint density at radius 3 is 1.97 bits per heavy atom. The van der Waals surface area contributed by atoms with Crippen molar-refractivity contribution in [2.24, 2.45) is 11.8 Å². The van der Waals surface area contributed by atoms with Crippen LogP contribution in [0.2, 0.25) is 0 Å². The highest BCUT2D eigenvalue weighted by Gasteiger charge is 2.30. The van der Waals surface area contributed by atoms with Crippen molar-refractivity contribution in [1.29, 1.82) is 0 Å². The van der Waals surface area contributed by atoms with Gasteiger partial charge in [-0.15, -0.1) is 0 Å². The summed E-state index contributed by atoms with van der Waals surface area (Å²) in [5, 5.41) is 18.2. The van der Waals surface area contributed by atoms with Crippen molar-refractivity contribution in [2.45, 2.75) is 51.4 Å². The summed E-state index contributed by atoms with van der Waals surface area (Å²) in [5.74, 6) is -0.777. The summed E-state index contributed by atoms with van der Waals surface area (Å²) in [6.45, 7) is 8.24. The third-order valence-electron chi connectivity index (χ3n) is 6.54. The van der Waals surface area contributed by atoms with Gasteiger partial charge in [0.2, 0.25) is 0 Å². The Morgan fingerprint density at radius 2 is 1.50 bits per heavy atom. The second-order valence-corrected chi connectivity index (χ2v) is 8.94. The summed E-state index contributed by atoms with van der Waals surface area (Å²) in [6, 6.07) is 8.90. The first-order chi connectivity index (χ1) is 16.4. The number of esters is 2. The minimum atomic E-state index is -0.651. The van der Waals surface area contributed by atoms with Crippen LogP contribution in [0.1, 0.15) is 56.1 Å². The van der Waals surface area contributed by atoms with E-state index in [0.29, 0.717) is 5.92 Å². The first-order valence-electron chi connectivity index (χ1n) is 12.0. The number of aliphatic hydroxyl groups is 2. The molecule has 0 amide bonds. The topological polar surface area (TPSA) is 93.1 Å². The zero-order valence-electron chi connectivity index (χ0n) is 20.2. The molecular weight excluding hydrogens is 432 g/mol. The standard InChI is InChI=1S/C28H38O6/c1-4-5-6-7-22-8-10-23(11-9-22)24-12-14-25(15-13-24)26(18-33-27(31)20(2)16-29)19-34-28(32)21(3)17-30/h4-5,8-11,24-26,29-30H,2-3,6-7,12-19H2,1H3/b5-4+. The second kappa shape index (κ2) is 14.5. The van der Waals surface area contributed by atoms with E-state index in [1.807, 2.05) is 6.92 Å². The van der Waals surface area contributed by atoms with Gasteiger partial charge in [-0.2, -0.15) is 0 Å². The molecule has 1 aromatic carbocycles. The van der Waals surface area contributed by atoms with Gasteiger partial charge in [0.15, 0.2) is 0 Å². The van der Waals surface area contributed by atoms with Gasteiger partial charge in [-0.25, -0.2) is 9.59 Å². The van der Waals surface area contributed by atoms with Crippen molar-refractivity contribution in [3.63, 3.8) is 0 Å². The van der Waals surface area contributed by atoms with Crippen molar-refractivity contribution in [3.05, 3.63) is 71.8 Å². The van der Waals surface area contributed by atoms with Gasteiger partial charge in [0.25, 0.3) is 0 Å². The van der Waals surface area contributed by atoms with Crippen LogP contribution in [0.3, 0.4) is 0 Å². The lowest BCUT2D eigenvalue weighted by atomic mass is 9.74. The van der Waals surface area contributed by atoms with E-state index in [1.165, 1.54) is 11.1 Å². The normalized spacial score (nSPS) is 18.1. The molecule has 0 aliphatic heterocycles. The van der Waals surface area contributed by atoms with Gasteiger partial charge in [0.1, 0.15) is 0 Å². The van der Waals surface area contributed by atoms with E-state index in [9.17, 15) is 9.59 Å². The van der Waals surface area contributed by atoms with Crippen LogP contribution in [-0.2, 0) is 25.5 Å². The van der Waals surface area contributed by atoms with Crippen molar-refractivity contribution in [1.82, 2.24) is 0 Å². The van der Waals surface area contributed by atoms with E-state index < -0.39 is 25.2 Å². The number of carbonyl (C=O) groups is 2. The average molecular weight is 471 g/mol. The Balaban J connectivity index is 1.95. The molecule has 2 N–H and O–H groups in total. The van der Waals surface area contributed by atoms with Gasteiger partial charge in [-0.3, -0.25) is 0 Å². The maximum absolute atomic E-state index is 12.0. The first-order valence-corrected chi connectivity index (χ1v) is 12.0. The predicted molar refractivity (Wildman–Crippen MR) is 132 cm³/mol. The number of aliphatic hydroxyl groups excluding tert-OH is 2. The molecule has 1 aliphatic rings. The summed E-state index contributed by atoms with van der Waals surface area (Å²) >= 11 is 0. The van der Waals surface area contributed by atoms with E-state index in [4.69, 9.17) is 19.7 Å². The number of allylic oxidation sites excluding steroid dienone is 2. The molecule has 186 valence electrons. The fourth-order valence-electron chi connectivity index (χ4n) is 4.32. The van der Waals surface area contributed by atoms with Gasteiger partial charge in [-0.1, -0.05) is 49.6 Å². The number of hydrogen-bond donors (Lipinski definition) is 2. The van der Waals surface area contributed by atoms with Crippen LogP contribution in [0.4, 0.5) is 0 Å². The molecule has 0 bridgehead atoms. The molecule has 1 aromatic rings. The lowest BCUT2D eigenvalue weighted by Gasteiger charge is -2.33. The smallest absolute Gasteiger partial charge is 0.335 e. The zero-order chi connectivity index (χ0) is 24.9. The molecule has 1 fully saturated rings. The lowest BCUT2D eigenvalue weighted by molar-refractivity contribution is -0.146. The third kappa shape index (κ3) is 8.58. The quantitative estimate of drug-likeness (QED) is 0.254. The Kier molecular flexibility index (Phi) is 11.8. The molecule has 2 rings (SSSR count). The minimum Gasteiger partial charge on any atom is -0.462 e. The van der Waals surface area contributed by atoms with Gasteiger partial charge in [0, 0.05) is 5.92 Å². The SMILES string of the molecule is C=C(CO)C(=O)OCC(COC(=O)C(=C)CO)C1CCC(c2ccc(CC/C=C/C)cc2)CC1. The van der Waals surface area contributed by atoms with E-state index >= 15 is 0 Å². The molecule has 0 atom stereocenters. The van der Waals surface area contributed by atoms with Crippen LogP contribution >= 0.6 is 0 Å². The second-order valence-electron chi connectivity index (χ2n) is 8.94. The Hall–Kier alpha value is -2.70. The Labute approximate surface area is 203 Å². The van der Waals surface area contributed by atoms with Crippen molar-refractivity contribution in [2.75, 3.05) is 26.4 Å². The molecule has 0 unspecified atom stereocenters. The number of carbonyl (C=O) groups excluding carboxylic acids is 2. The molecular formula is C28H38O6. The van der Waals surface area contributed by atoms with Crippen LogP contribution in [0.15, 0.2) is 60.7 Å². The number of rotatable bonds is 13.